The van der Waals surface area contributed by atoms with E-state index in [1.807, 2.05) is 0 Å². The summed E-state index contributed by atoms with van der Waals surface area (Å²) < 4.78 is 0. The second kappa shape index (κ2) is 8.56. The molecule has 0 saturated carbocycles. The van der Waals surface area contributed by atoms with Gasteiger partial charge in [-0.25, -0.2) is 14.6 Å². The molecule has 0 radical (unpaired) electrons. The highest BCUT2D eigenvalue weighted by Crippen LogP contribution is 1.98. The Hall–Kier alpha value is -2.58. The first-order chi connectivity index (χ1) is 9.99. The molecular formula is C12H18N4O5. The van der Waals surface area contributed by atoms with Crippen molar-refractivity contribution in [3.05, 3.63) is 18.2 Å². The summed E-state index contributed by atoms with van der Waals surface area (Å²) >= 11 is 0. The van der Waals surface area contributed by atoms with Crippen molar-refractivity contribution in [2.75, 3.05) is 6.54 Å². The number of amides is 2. The monoisotopic (exact) mass is 298 g/mol. The number of nitrogens with one attached hydrogen (secondary N) is 3. The number of hydrogen-bond acceptors (Lipinski definition) is 4. The molecule has 0 aromatic carbocycles. The number of carboxylic acid groups (broad SMARTS) is 2. The number of aromatic nitrogens is 2. The third kappa shape index (κ3) is 6.95. The fourth-order valence-electron chi connectivity index (χ4n) is 1.63. The molecule has 1 aromatic heterocycles. The van der Waals surface area contributed by atoms with Gasteiger partial charge in [-0.05, 0) is 12.8 Å². The molecule has 9 nitrogen and oxygen atoms in total. The molecule has 5 N–H and O–H groups in total. The van der Waals surface area contributed by atoms with Crippen LogP contribution in [0.15, 0.2) is 12.4 Å². The first kappa shape index (κ1) is 16.5. The molecule has 0 aliphatic carbocycles. The number of carbonyl (C=O) groups excluding carboxylic acids is 1. The molecule has 0 fully saturated rings. The molecule has 2 amide bonds. The normalized spacial score (nSPS) is 11.6. The topological polar surface area (TPSA) is 144 Å². The van der Waals surface area contributed by atoms with Crippen molar-refractivity contribution in [2.45, 2.75) is 31.7 Å². The van der Waals surface area contributed by atoms with Crippen LogP contribution in [0, 0.1) is 0 Å². The summed E-state index contributed by atoms with van der Waals surface area (Å²) in [6.07, 6.45) is 4.16. The highest BCUT2D eigenvalue weighted by molar-refractivity contribution is 5.82. The Morgan fingerprint density at radius 1 is 1.33 bits per heavy atom. The van der Waals surface area contributed by atoms with E-state index in [0.29, 0.717) is 19.4 Å². The minimum atomic E-state index is -1.26. The van der Waals surface area contributed by atoms with Gasteiger partial charge in [-0.1, -0.05) is 0 Å². The fraction of sp³-hybridized carbons (Fsp3) is 0.500. The number of rotatable bonds is 9. The number of hydrogen-bond donors (Lipinski definition) is 5. The molecule has 0 saturated heterocycles. The molecule has 0 aliphatic rings. The summed E-state index contributed by atoms with van der Waals surface area (Å²) in [5, 5.41) is 22.1. The lowest BCUT2D eigenvalue weighted by Gasteiger charge is -2.14. The number of H-pyrrole nitrogens is 1. The number of aryl methyl sites for hydroxylation is 1. The van der Waals surface area contributed by atoms with E-state index < -0.39 is 24.0 Å². The maximum atomic E-state index is 11.5. The molecule has 1 atom stereocenters. The summed E-state index contributed by atoms with van der Waals surface area (Å²) in [6, 6.07) is -1.85. The van der Waals surface area contributed by atoms with Gasteiger partial charge in [0.2, 0.25) is 0 Å². The summed E-state index contributed by atoms with van der Waals surface area (Å²) in [4.78, 5) is 39.8. The molecule has 9 heteroatoms. The lowest BCUT2D eigenvalue weighted by atomic mass is 10.1. The Kier molecular flexibility index (Phi) is 6.72. The Balaban J connectivity index is 2.23. The molecular weight excluding hydrogens is 280 g/mol. The number of aliphatic carboxylic acids is 2. The number of urea groups is 1. The molecule has 1 rings (SSSR count). The smallest absolute Gasteiger partial charge is 0.326 e. The zero-order valence-electron chi connectivity index (χ0n) is 11.3. The third-order valence-electron chi connectivity index (χ3n) is 2.68. The largest absolute Gasteiger partial charge is 0.481 e. The minimum Gasteiger partial charge on any atom is -0.481 e. The van der Waals surface area contributed by atoms with Crippen molar-refractivity contribution >= 4 is 18.0 Å². The van der Waals surface area contributed by atoms with Gasteiger partial charge in [0.15, 0.2) is 0 Å². The predicted octanol–water partition coefficient (Wildman–Crippen LogP) is -0.0405. The number of carboxylic acids is 2. The van der Waals surface area contributed by atoms with Gasteiger partial charge in [0.05, 0.1) is 0 Å². The van der Waals surface area contributed by atoms with Gasteiger partial charge >= 0.3 is 18.0 Å². The average molecular weight is 298 g/mol. The van der Waals surface area contributed by atoms with E-state index in [4.69, 9.17) is 10.2 Å². The van der Waals surface area contributed by atoms with Crippen molar-refractivity contribution < 1.29 is 24.6 Å². The third-order valence-corrected chi connectivity index (χ3v) is 2.68. The Bertz CT molecular complexity index is 474. The molecule has 0 spiro atoms. The second-order valence-corrected chi connectivity index (χ2v) is 4.36. The van der Waals surface area contributed by atoms with Gasteiger partial charge in [0.1, 0.15) is 11.9 Å². The van der Waals surface area contributed by atoms with E-state index in [-0.39, 0.29) is 12.8 Å². The van der Waals surface area contributed by atoms with Crippen LogP contribution >= 0.6 is 0 Å². The van der Waals surface area contributed by atoms with Crippen LogP contribution in [0.4, 0.5) is 4.79 Å². The van der Waals surface area contributed by atoms with Crippen molar-refractivity contribution in [2.24, 2.45) is 0 Å². The molecule has 1 aromatic rings. The molecule has 1 heterocycles. The van der Waals surface area contributed by atoms with E-state index >= 15 is 0 Å². The highest BCUT2D eigenvalue weighted by Gasteiger charge is 2.20. The van der Waals surface area contributed by atoms with Gasteiger partial charge in [-0.3, -0.25) is 4.79 Å². The van der Waals surface area contributed by atoms with Crippen LogP contribution in [0.3, 0.4) is 0 Å². The first-order valence-electron chi connectivity index (χ1n) is 6.46. The van der Waals surface area contributed by atoms with Crippen LogP contribution in [-0.2, 0) is 16.0 Å². The Labute approximate surface area is 120 Å². The second-order valence-electron chi connectivity index (χ2n) is 4.36. The van der Waals surface area contributed by atoms with E-state index in [0.717, 1.165) is 5.82 Å². The number of nitrogens with zero attached hydrogens (tertiary/aromatic N) is 1. The Morgan fingerprint density at radius 3 is 2.67 bits per heavy atom. The van der Waals surface area contributed by atoms with E-state index in [1.54, 1.807) is 12.4 Å². The van der Waals surface area contributed by atoms with Crippen LogP contribution in [0.1, 0.15) is 25.1 Å². The quantitative estimate of drug-likeness (QED) is 0.404. The molecule has 0 bridgehead atoms. The van der Waals surface area contributed by atoms with Crippen molar-refractivity contribution in [1.29, 1.82) is 0 Å². The minimum absolute atomic E-state index is 0.162. The van der Waals surface area contributed by atoms with Crippen LogP contribution in [0.5, 0.6) is 0 Å². The maximum absolute atomic E-state index is 11.5. The molecule has 0 unspecified atom stereocenters. The molecule has 21 heavy (non-hydrogen) atoms. The van der Waals surface area contributed by atoms with Crippen molar-refractivity contribution in [3.63, 3.8) is 0 Å². The number of imidazole rings is 1. The summed E-state index contributed by atoms with van der Waals surface area (Å²) in [6.45, 7) is 0.359. The maximum Gasteiger partial charge on any atom is 0.326 e. The zero-order chi connectivity index (χ0) is 15.7. The first-order valence-corrected chi connectivity index (χ1v) is 6.46. The van der Waals surface area contributed by atoms with E-state index in [1.165, 1.54) is 0 Å². The summed E-state index contributed by atoms with van der Waals surface area (Å²) in [7, 11) is 0. The lowest BCUT2D eigenvalue weighted by molar-refractivity contribution is -0.140. The van der Waals surface area contributed by atoms with E-state index in [2.05, 4.69) is 20.6 Å². The van der Waals surface area contributed by atoms with Crippen molar-refractivity contribution in [3.8, 4) is 0 Å². The van der Waals surface area contributed by atoms with Gasteiger partial charge in [-0.2, -0.15) is 0 Å². The Morgan fingerprint density at radius 2 is 2.10 bits per heavy atom. The van der Waals surface area contributed by atoms with Gasteiger partial charge < -0.3 is 25.8 Å². The standard InChI is InChI=1S/C12H18N4O5/c17-10(18)4-3-8(11(19)20)16-12(21)15-5-1-2-9-13-6-7-14-9/h6-8H,1-5H2,(H,13,14)(H,17,18)(H,19,20)(H2,15,16,21)/t8-/m0/s1. The highest BCUT2D eigenvalue weighted by atomic mass is 16.4. The van der Waals surface area contributed by atoms with Crippen molar-refractivity contribution in [1.82, 2.24) is 20.6 Å². The summed E-state index contributed by atoms with van der Waals surface area (Å²) in [5.41, 5.74) is 0. The van der Waals surface area contributed by atoms with Gasteiger partial charge in [-0.15, -0.1) is 0 Å². The zero-order valence-corrected chi connectivity index (χ0v) is 11.3. The predicted molar refractivity (Wildman–Crippen MR) is 71.7 cm³/mol. The summed E-state index contributed by atoms with van der Waals surface area (Å²) in [5.74, 6) is -1.56. The SMILES string of the molecule is O=C(O)CC[C@H](NC(=O)NCCCc1ncc[nH]1)C(=O)O. The van der Waals surface area contributed by atoms with Gasteiger partial charge in [0, 0.05) is 31.8 Å². The van der Waals surface area contributed by atoms with Crippen LogP contribution in [-0.4, -0.2) is 50.7 Å². The fourth-order valence-corrected chi connectivity index (χ4v) is 1.63. The van der Waals surface area contributed by atoms with Crippen LogP contribution in [0.2, 0.25) is 0 Å². The van der Waals surface area contributed by atoms with Gasteiger partial charge in [0.25, 0.3) is 0 Å². The van der Waals surface area contributed by atoms with Crippen LogP contribution in [0.25, 0.3) is 0 Å². The van der Waals surface area contributed by atoms with Crippen LogP contribution < -0.4 is 10.6 Å². The number of carbonyl (C=O) groups is 3. The van der Waals surface area contributed by atoms with E-state index in [9.17, 15) is 14.4 Å². The average Bonchev–Trinajstić information content (AvgIpc) is 2.92. The lowest BCUT2D eigenvalue weighted by Crippen LogP contribution is -2.46. The number of aromatic amines is 1. The molecule has 116 valence electrons. The molecule has 0 aliphatic heterocycles.